The Morgan fingerprint density at radius 1 is 1.04 bits per heavy atom. The normalized spacial score (nSPS) is 14.6. The largest absolute Gasteiger partial charge is 0.382 e. The van der Waals surface area contributed by atoms with Gasteiger partial charge in [0.25, 0.3) is 5.91 Å². The summed E-state index contributed by atoms with van der Waals surface area (Å²) >= 11 is 0. The number of amides is 1. The highest BCUT2D eigenvalue weighted by atomic mass is 16.2. The fourth-order valence-electron chi connectivity index (χ4n) is 3.33. The van der Waals surface area contributed by atoms with E-state index in [0.717, 1.165) is 12.0 Å². The first kappa shape index (κ1) is 16.6. The van der Waals surface area contributed by atoms with Crippen molar-refractivity contribution in [3.63, 3.8) is 0 Å². The van der Waals surface area contributed by atoms with E-state index in [2.05, 4.69) is 35.6 Å². The van der Waals surface area contributed by atoms with Gasteiger partial charge in [-0.1, -0.05) is 37.1 Å². The first-order valence-electron chi connectivity index (χ1n) is 8.78. The van der Waals surface area contributed by atoms with Gasteiger partial charge in [0, 0.05) is 31.4 Å². The third-order valence-electron chi connectivity index (χ3n) is 4.67. The van der Waals surface area contributed by atoms with Crippen molar-refractivity contribution in [3.8, 4) is 0 Å². The number of benzene rings is 2. The molecule has 0 bridgehead atoms. The molecule has 3 rings (SSSR count). The van der Waals surface area contributed by atoms with Gasteiger partial charge in [-0.2, -0.15) is 0 Å². The molecule has 0 spiro atoms. The highest BCUT2D eigenvalue weighted by Gasteiger charge is 2.14. The number of hydrogen-bond donors (Lipinski definition) is 1. The number of nitrogens with one attached hydrogen (secondary N) is 1. The topological polar surface area (TPSA) is 32.3 Å². The van der Waals surface area contributed by atoms with Gasteiger partial charge < -0.3 is 10.2 Å². The molecule has 24 heavy (non-hydrogen) atoms. The highest BCUT2D eigenvalue weighted by molar-refractivity contribution is 5.94. The summed E-state index contributed by atoms with van der Waals surface area (Å²) in [7, 11) is 3.57. The standard InChI is InChI=1S/C21H26N2O/c1-23(2)21(24)18-7-5-6-17(15-18)14-16-10-12-20(13-11-16)22-19-8-3-4-9-19/h5-7,10-13,15,19,22H,3-4,8-9,14H2,1-2H3. The van der Waals surface area contributed by atoms with Crippen LogP contribution >= 0.6 is 0 Å². The molecular weight excluding hydrogens is 296 g/mol. The second kappa shape index (κ2) is 7.52. The van der Waals surface area contributed by atoms with Crippen molar-refractivity contribution >= 4 is 11.6 Å². The van der Waals surface area contributed by atoms with Crippen LogP contribution in [0.2, 0.25) is 0 Å². The first-order chi connectivity index (χ1) is 11.6. The van der Waals surface area contributed by atoms with Gasteiger partial charge in [-0.05, 0) is 54.7 Å². The van der Waals surface area contributed by atoms with Crippen LogP contribution in [-0.2, 0) is 6.42 Å². The Morgan fingerprint density at radius 2 is 1.75 bits per heavy atom. The maximum absolute atomic E-state index is 12.1. The molecule has 0 heterocycles. The third kappa shape index (κ3) is 4.16. The molecule has 0 atom stereocenters. The molecule has 0 aromatic heterocycles. The summed E-state index contributed by atoms with van der Waals surface area (Å²) in [6.07, 6.45) is 6.11. The van der Waals surface area contributed by atoms with E-state index in [1.807, 2.05) is 18.2 Å². The number of nitrogens with zero attached hydrogens (tertiary/aromatic N) is 1. The van der Waals surface area contributed by atoms with Crippen LogP contribution in [-0.4, -0.2) is 30.9 Å². The minimum absolute atomic E-state index is 0.0490. The zero-order valence-electron chi connectivity index (χ0n) is 14.6. The van der Waals surface area contributed by atoms with Crippen LogP contribution in [0.25, 0.3) is 0 Å². The average molecular weight is 322 g/mol. The van der Waals surface area contributed by atoms with Crippen LogP contribution in [0, 0.1) is 0 Å². The minimum atomic E-state index is 0.0490. The summed E-state index contributed by atoms with van der Waals surface area (Å²) in [5, 5.41) is 3.62. The molecule has 0 aliphatic heterocycles. The van der Waals surface area contributed by atoms with Crippen LogP contribution in [0.1, 0.15) is 47.2 Å². The maximum Gasteiger partial charge on any atom is 0.253 e. The Hall–Kier alpha value is -2.29. The predicted octanol–water partition coefficient (Wildman–Crippen LogP) is 4.33. The van der Waals surface area contributed by atoms with Gasteiger partial charge in [-0.15, -0.1) is 0 Å². The Labute approximate surface area is 144 Å². The lowest BCUT2D eigenvalue weighted by atomic mass is 10.0. The molecule has 3 nitrogen and oxygen atoms in total. The molecule has 1 aliphatic carbocycles. The smallest absolute Gasteiger partial charge is 0.253 e. The average Bonchev–Trinajstić information content (AvgIpc) is 3.09. The summed E-state index contributed by atoms with van der Waals surface area (Å²) in [5.41, 5.74) is 4.39. The van der Waals surface area contributed by atoms with Crippen LogP contribution in [0.15, 0.2) is 48.5 Å². The van der Waals surface area contributed by atoms with Gasteiger partial charge in [0.1, 0.15) is 0 Å². The van der Waals surface area contributed by atoms with E-state index in [0.29, 0.717) is 6.04 Å². The molecule has 0 saturated heterocycles. The van der Waals surface area contributed by atoms with Gasteiger partial charge in [0.05, 0.1) is 0 Å². The molecule has 1 aliphatic rings. The summed E-state index contributed by atoms with van der Waals surface area (Å²) < 4.78 is 0. The fourth-order valence-corrected chi connectivity index (χ4v) is 3.33. The molecule has 0 radical (unpaired) electrons. The fraction of sp³-hybridized carbons (Fsp3) is 0.381. The van der Waals surface area contributed by atoms with Gasteiger partial charge in [-0.25, -0.2) is 0 Å². The number of anilines is 1. The quantitative estimate of drug-likeness (QED) is 0.888. The van der Waals surface area contributed by atoms with Crippen molar-refractivity contribution < 1.29 is 4.79 Å². The summed E-state index contributed by atoms with van der Waals surface area (Å²) in [5.74, 6) is 0.0490. The Kier molecular flexibility index (Phi) is 5.19. The molecule has 1 N–H and O–H groups in total. The number of carbonyl (C=O) groups is 1. The van der Waals surface area contributed by atoms with E-state index in [4.69, 9.17) is 0 Å². The summed E-state index contributed by atoms with van der Waals surface area (Å²) in [6, 6.07) is 17.2. The van der Waals surface area contributed by atoms with Crippen LogP contribution in [0.4, 0.5) is 5.69 Å². The van der Waals surface area contributed by atoms with E-state index < -0.39 is 0 Å². The van der Waals surface area contributed by atoms with Crippen molar-refractivity contribution in [3.05, 3.63) is 65.2 Å². The van der Waals surface area contributed by atoms with Crippen LogP contribution in [0.3, 0.4) is 0 Å². The molecule has 3 heteroatoms. The van der Waals surface area contributed by atoms with Gasteiger partial charge in [-0.3, -0.25) is 4.79 Å². The van der Waals surface area contributed by atoms with Crippen LogP contribution in [0.5, 0.6) is 0 Å². The van der Waals surface area contributed by atoms with Gasteiger partial charge in [0.15, 0.2) is 0 Å². The molecular formula is C21H26N2O. The lowest BCUT2D eigenvalue weighted by molar-refractivity contribution is 0.0827. The van der Waals surface area contributed by atoms with Crippen molar-refractivity contribution in [2.75, 3.05) is 19.4 Å². The lowest BCUT2D eigenvalue weighted by Crippen LogP contribution is -2.21. The van der Waals surface area contributed by atoms with Gasteiger partial charge in [0.2, 0.25) is 0 Å². The molecule has 0 unspecified atom stereocenters. The molecule has 1 saturated carbocycles. The monoisotopic (exact) mass is 322 g/mol. The predicted molar refractivity (Wildman–Crippen MR) is 99.6 cm³/mol. The second-order valence-electron chi connectivity index (χ2n) is 6.90. The Bertz CT molecular complexity index is 685. The van der Waals surface area contributed by atoms with E-state index in [9.17, 15) is 4.79 Å². The van der Waals surface area contributed by atoms with E-state index >= 15 is 0 Å². The molecule has 1 fully saturated rings. The van der Waals surface area contributed by atoms with E-state index in [1.54, 1.807) is 19.0 Å². The number of hydrogen-bond acceptors (Lipinski definition) is 2. The molecule has 126 valence electrons. The summed E-state index contributed by atoms with van der Waals surface area (Å²) in [4.78, 5) is 13.7. The summed E-state index contributed by atoms with van der Waals surface area (Å²) in [6.45, 7) is 0. The number of rotatable bonds is 5. The van der Waals surface area contributed by atoms with Crippen molar-refractivity contribution in [2.45, 2.75) is 38.1 Å². The molecule has 2 aromatic rings. The lowest BCUT2D eigenvalue weighted by Gasteiger charge is -2.14. The van der Waals surface area contributed by atoms with Gasteiger partial charge >= 0.3 is 0 Å². The third-order valence-corrected chi connectivity index (χ3v) is 4.67. The maximum atomic E-state index is 12.1. The molecule has 2 aromatic carbocycles. The first-order valence-corrected chi connectivity index (χ1v) is 8.78. The van der Waals surface area contributed by atoms with Crippen molar-refractivity contribution in [1.82, 2.24) is 4.90 Å². The molecule has 1 amide bonds. The van der Waals surface area contributed by atoms with Crippen molar-refractivity contribution in [2.24, 2.45) is 0 Å². The van der Waals surface area contributed by atoms with E-state index in [1.165, 1.54) is 42.5 Å². The highest BCUT2D eigenvalue weighted by Crippen LogP contribution is 2.23. The zero-order chi connectivity index (χ0) is 16.9. The van der Waals surface area contributed by atoms with E-state index in [-0.39, 0.29) is 5.91 Å². The Morgan fingerprint density at radius 3 is 2.42 bits per heavy atom. The SMILES string of the molecule is CN(C)C(=O)c1cccc(Cc2ccc(NC3CCCC3)cc2)c1. The Balaban J connectivity index is 1.65. The zero-order valence-corrected chi connectivity index (χ0v) is 14.6. The number of carbonyl (C=O) groups excluding carboxylic acids is 1. The minimum Gasteiger partial charge on any atom is -0.382 e. The second-order valence-corrected chi connectivity index (χ2v) is 6.90. The van der Waals surface area contributed by atoms with Crippen LogP contribution < -0.4 is 5.32 Å². The van der Waals surface area contributed by atoms with Crippen molar-refractivity contribution in [1.29, 1.82) is 0 Å².